The quantitative estimate of drug-likeness (QED) is 0.345. The van der Waals surface area contributed by atoms with Crippen LogP contribution in [0.2, 0.25) is 0 Å². The van der Waals surface area contributed by atoms with Crippen LogP contribution in [0.5, 0.6) is 5.75 Å². The number of hydrogen-bond donors (Lipinski definition) is 0. The van der Waals surface area contributed by atoms with Crippen molar-refractivity contribution in [2.45, 2.75) is 39.7 Å². The fraction of sp³-hybridized carbons (Fsp3) is 0.286. The second-order valence-corrected chi connectivity index (χ2v) is 8.92. The highest BCUT2D eigenvalue weighted by Gasteiger charge is 2.17. The van der Waals surface area contributed by atoms with Crippen LogP contribution in [0.3, 0.4) is 0 Å². The minimum absolute atomic E-state index is 0.327. The molecule has 0 unspecified atom stereocenters. The molecular formula is C28H30O5. The maximum absolute atomic E-state index is 12.4. The molecule has 0 heterocycles. The van der Waals surface area contributed by atoms with Crippen LogP contribution in [0.1, 0.15) is 54.7 Å². The van der Waals surface area contributed by atoms with Crippen LogP contribution in [0.4, 0.5) is 0 Å². The van der Waals surface area contributed by atoms with Gasteiger partial charge in [0, 0.05) is 12.0 Å². The first-order valence-corrected chi connectivity index (χ1v) is 10.8. The van der Waals surface area contributed by atoms with E-state index in [9.17, 15) is 9.59 Å². The Balaban J connectivity index is 1.96. The zero-order valence-electron chi connectivity index (χ0n) is 20.0. The maximum Gasteiger partial charge on any atom is 0.337 e. The van der Waals surface area contributed by atoms with E-state index in [1.54, 1.807) is 26.2 Å². The zero-order chi connectivity index (χ0) is 24.2. The van der Waals surface area contributed by atoms with Crippen molar-refractivity contribution in [1.29, 1.82) is 0 Å². The fourth-order valence-electron chi connectivity index (χ4n) is 3.61. The number of methoxy groups -OCH3 is 2. The Labute approximate surface area is 195 Å². The van der Waals surface area contributed by atoms with E-state index in [1.807, 2.05) is 51.1 Å². The molecule has 0 saturated carbocycles. The summed E-state index contributed by atoms with van der Waals surface area (Å²) in [4.78, 5) is 24.2. The van der Waals surface area contributed by atoms with Crippen molar-refractivity contribution in [2.75, 3.05) is 14.2 Å². The Bertz CT molecular complexity index is 1210. The van der Waals surface area contributed by atoms with Crippen LogP contribution in [-0.2, 0) is 20.7 Å². The summed E-state index contributed by atoms with van der Waals surface area (Å²) >= 11 is 0. The summed E-state index contributed by atoms with van der Waals surface area (Å²) in [6.07, 6.45) is 2.47. The molecule has 5 nitrogen and oxygen atoms in total. The number of carbonyl (C=O) groups is 2. The Morgan fingerprint density at radius 2 is 1.70 bits per heavy atom. The molecule has 0 spiro atoms. The summed E-state index contributed by atoms with van der Waals surface area (Å²) in [5.41, 5.74) is 3.45. The van der Waals surface area contributed by atoms with Gasteiger partial charge < -0.3 is 14.2 Å². The van der Waals surface area contributed by atoms with E-state index in [4.69, 9.17) is 14.2 Å². The molecule has 5 heteroatoms. The van der Waals surface area contributed by atoms with Gasteiger partial charge in [-0.15, -0.1) is 0 Å². The molecule has 172 valence electrons. The van der Waals surface area contributed by atoms with Gasteiger partial charge in [0.05, 0.1) is 19.8 Å². The van der Waals surface area contributed by atoms with E-state index >= 15 is 0 Å². The number of benzene rings is 3. The topological polar surface area (TPSA) is 61.8 Å². The average molecular weight is 447 g/mol. The van der Waals surface area contributed by atoms with Gasteiger partial charge >= 0.3 is 11.9 Å². The lowest BCUT2D eigenvalue weighted by molar-refractivity contribution is -0.149. The molecule has 0 aliphatic carbocycles. The van der Waals surface area contributed by atoms with Gasteiger partial charge in [0.15, 0.2) is 0 Å². The number of ether oxygens (including phenoxy) is 3. The third-order valence-electron chi connectivity index (χ3n) is 5.19. The molecule has 3 rings (SSSR count). The summed E-state index contributed by atoms with van der Waals surface area (Å²) in [5.74, 6) is -0.0974. The number of rotatable bonds is 6. The Hall–Kier alpha value is -3.60. The Morgan fingerprint density at radius 1 is 0.939 bits per heavy atom. The lowest BCUT2D eigenvalue weighted by Gasteiger charge is -2.19. The molecule has 33 heavy (non-hydrogen) atoms. The third-order valence-corrected chi connectivity index (χ3v) is 5.19. The molecule has 0 bridgehead atoms. The van der Waals surface area contributed by atoms with Crippen molar-refractivity contribution in [3.8, 4) is 5.75 Å². The molecule has 0 atom stereocenters. The number of hydrogen-bond acceptors (Lipinski definition) is 5. The second-order valence-electron chi connectivity index (χ2n) is 8.92. The van der Waals surface area contributed by atoms with Crippen LogP contribution < -0.4 is 4.74 Å². The van der Waals surface area contributed by atoms with Gasteiger partial charge in [0.25, 0.3) is 0 Å². The molecule has 0 amide bonds. The van der Waals surface area contributed by atoms with Gasteiger partial charge in [0.1, 0.15) is 11.4 Å². The molecule has 0 fully saturated rings. The van der Waals surface area contributed by atoms with Crippen LogP contribution >= 0.6 is 0 Å². The van der Waals surface area contributed by atoms with Crippen LogP contribution in [-0.4, -0.2) is 31.8 Å². The molecule has 0 saturated heterocycles. The van der Waals surface area contributed by atoms with Crippen molar-refractivity contribution >= 4 is 28.8 Å². The first-order valence-electron chi connectivity index (χ1n) is 10.8. The molecule has 0 aliphatic heterocycles. The normalized spacial score (nSPS) is 11.9. The number of carbonyl (C=O) groups excluding carboxylic acids is 2. The third kappa shape index (κ3) is 6.01. The smallest absolute Gasteiger partial charge is 0.337 e. The minimum atomic E-state index is -0.536. The SMILES string of the molecule is COC(=O)c1ccc(Cc2cccc3ccc(/C=C(\C)C(=O)OC(C)(C)C)cc23)c(OC)c1. The van der Waals surface area contributed by atoms with Crippen LogP contribution in [0, 0.1) is 0 Å². The van der Waals surface area contributed by atoms with E-state index in [2.05, 4.69) is 18.2 Å². The van der Waals surface area contributed by atoms with Gasteiger partial charge in [-0.2, -0.15) is 0 Å². The lowest BCUT2D eigenvalue weighted by Crippen LogP contribution is -2.24. The highest BCUT2D eigenvalue weighted by molar-refractivity contribution is 5.95. The van der Waals surface area contributed by atoms with E-state index in [0.29, 0.717) is 23.3 Å². The second kappa shape index (κ2) is 9.90. The standard InChI is InChI=1S/C28H30O5/c1-18(26(29)33-28(2,3)4)14-19-10-11-20-8-7-9-21(24(20)15-19)16-22-12-13-23(27(30)32-6)17-25(22)31-5/h7-15,17H,16H2,1-6H3/b18-14+. The van der Waals surface area contributed by atoms with Crippen molar-refractivity contribution in [3.05, 3.63) is 82.4 Å². The largest absolute Gasteiger partial charge is 0.496 e. The Kier molecular flexibility index (Phi) is 7.22. The number of esters is 2. The predicted octanol–water partition coefficient (Wildman–Crippen LogP) is 5.97. The van der Waals surface area contributed by atoms with Crippen molar-refractivity contribution in [1.82, 2.24) is 0 Å². The minimum Gasteiger partial charge on any atom is -0.496 e. The van der Waals surface area contributed by atoms with Gasteiger partial charge in [-0.25, -0.2) is 9.59 Å². The van der Waals surface area contributed by atoms with Crippen molar-refractivity contribution in [2.24, 2.45) is 0 Å². The first-order chi connectivity index (χ1) is 15.6. The molecule has 3 aromatic rings. The van der Waals surface area contributed by atoms with Crippen LogP contribution in [0.15, 0.2) is 60.2 Å². The van der Waals surface area contributed by atoms with E-state index in [1.165, 1.54) is 7.11 Å². The maximum atomic E-state index is 12.4. The van der Waals surface area contributed by atoms with Gasteiger partial charge in [0.2, 0.25) is 0 Å². The Morgan fingerprint density at radius 3 is 2.36 bits per heavy atom. The molecule has 3 aromatic carbocycles. The summed E-state index contributed by atoms with van der Waals surface area (Å²) in [5, 5.41) is 2.19. The monoisotopic (exact) mass is 446 g/mol. The zero-order valence-corrected chi connectivity index (χ0v) is 20.0. The molecule has 0 radical (unpaired) electrons. The molecule has 0 aromatic heterocycles. The van der Waals surface area contributed by atoms with E-state index in [-0.39, 0.29) is 5.97 Å². The highest BCUT2D eigenvalue weighted by atomic mass is 16.6. The van der Waals surface area contributed by atoms with Crippen molar-refractivity contribution in [3.63, 3.8) is 0 Å². The molecule has 0 aliphatic rings. The predicted molar refractivity (Wildman–Crippen MR) is 131 cm³/mol. The van der Waals surface area contributed by atoms with Gasteiger partial charge in [-0.3, -0.25) is 0 Å². The van der Waals surface area contributed by atoms with Crippen LogP contribution in [0.25, 0.3) is 16.8 Å². The first kappa shape index (κ1) is 24.1. The summed E-state index contributed by atoms with van der Waals surface area (Å²) < 4.78 is 15.8. The van der Waals surface area contributed by atoms with E-state index < -0.39 is 11.6 Å². The summed E-state index contributed by atoms with van der Waals surface area (Å²) in [6.45, 7) is 7.32. The molecular weight excluding hydrogens is 416 g/mol. The van der Waals surface area contributed by atoms with E-state index in [0.717, 1.165) is 27.5 Å². The fourth-order valence-corrected chi connectivity index (χ4v) is 3.61. The summed E-state index contributed by atoms with van der Waals surface area (Å²) in [6, 6.07) is 17.6. The van der Waals surface area contributed by atoms with Crippen molar-refractivity contribution < 1.29 is 23.8 Å². The number of fused-ring (bicyclic) bond motifs is 1. The molecule has 0 N–H and O–H groups in total. The highest BCUT2D eigenvalue weighted by Crippen LogP contribution is 2.28. The lowest BCUT2D eigenvalue weighted by atomic mass is 9.95. The van der Waals surface area contributed by atoms with Gasteiger partial charge in [-0.05, 0) is 79.4 Å². The van der Waals surface area contributed by atoms with Gasteiger partial charge in [-0.1, -0.05) is 36.4 Å². The summed E-state index contributed by atoms with van der Waals surface area (Å²) in [7, 11) is 2.95. The average Bonchev–Trinajstić information content (AvgIpc) is 2.78.